The third-order valence-corrected chi connectivity index (χ3v) is 2.90. The van der Waals surface area contributed by atoms with Crippen LogP contribution in [-0.2, 0) is 4.74 Å². The van der Waals surface area contributed by atoms with E-state index in [1.807, 2.05) is 13.0 Å². The number of carboxylic acid groups (broad SMARTS) is 1. The highest BCUT2D eigenvalue weighted by Crippen LogP contribution is 2.20. The molecule has 0 spiro atoms. The molecule has 4 heteroatoms. The van der Waals surface area contributed by atoms with Crippen LogP contribution in [0.1, 0.15) is 29.8 Å². The zero-order chi connectivity index (χ0) is 13.7. The van der Waals surface area contributed by atoms with Crippen molar-refractivity contribution < 1.29 is 14.6 Å². The number of aryl methyl sites for hydroxylation is 1. The standard InChI is InChI=1S/C14H21NO3/c1-9(2)13(8-18-4)15-12-7-10(3)5-6-11(12)14(16)17/h5-7,9,13,15H,8H2,1-4H3,(H,16,17). The van der Waals surface area contributed by atoms with E-state index in [0.717, 1.165) is 5.56 Å². The molecule has 0 aromatic heterocycles. The minimum Gasteiger partial charge on any atom is -0.478 e. The van der Waals surface area contributed by atoms with Gasteiger partial charge in [0, 0.05) is 12.8 Å². The van der Waals surface area contributed by atoms with Gasteiger partial charge < -0.3 is 15.2 Å². The predicted octanol–water partition coefficient (Wildman–Crippen LogP) is 2.78. The van der Waals surface area contributed by atoms with Crippen molar-refractivity contribution in [2.45, 2.75) is 26.8 Å². The minimum absolute atomic E-state index is 0.0925. The summed E-state index contributed by atoms with van der Waals surface area (Å²) in [5, 5.41) is 12.4. The summed E-state index contributed by atoms with van der Waals surface area (Å²) >= 11 is 0. The molecule has 1 aromatic carbocycles. The predicted molar refractivity (Wildman–Crippen MR) is 72.3 cm³/mol. The molecule has 0 heterocycles. The van der Waals surface area contributed by atoms with Gasteiger partial charge in [0.1, 0.15) is 0 Å². The molecule has 1 atom stereocenters. The molecule has 4 nitrogen and oxygen atoms in total. The van der Waals surface area contributed by atoms with Crippen LogP contribution in [0.3, 0.4) is 0 Å². The SMILES string of the molecule is COCC(Nc1cc(C)ccc1C(=O)O)C(C)C. The maximum Gasteiger partial charge on any atom is 0.337 e. The largest absolute Gasteiger partial charge is 0.478 e. The van der Waals surface area contributed by atoms with Gasteiger partial charge in [0.25, 0.3) is 0 Å². The fourth-order valence-corrected chi connectivity index (χ4v) is 1.74. The highest BCUT2D eigenvalue weighted by atomic mass is 16.5. The van der Waals surface area contributed by atoms with Crippen molar-refractivity contribution in [3.63, 3.8) is 0 Å². The normalized spacial score (nSPS) is 12.5. The van der Waals surface area contributed by atoms with Crippen molar-refractivity contribution in [1.82, 2.24) is 0 Å². The second kappa shape index (κ2) is 6.40. The fourth-order valence-electron chi connectivity index (χ4n) is 1.74. The molecule has 0 aliphatic carbocycles. The van der Waals surface area contributed by atoms with Crippen LogP contribution in [0.4, 0.5) is 5.69 Å². The van der Waals surface area contributed by atoms with Gasteiger partial charge in [0.2, 0.25) is 0 Å². The average Bonchev–Trinajstić information content (AvgIpc) is 2.28. The summed E-state index contributed by atoms with van der Waals surface area (Å²) in [6.45, 7) is 6.64. The molecule has 0 radical (unpaired) electrons. The first-order valence-electron chi connectivity index (χ1n) is 6.05. The van der Waals surface area contributed by atoms with E-state index in [0.29, 0.717) is 23.8 Å². The Kier molecular flexibility index (Phi) is 5.16. The molecular formula is C14H21NO3. The number of ether oxygens (including phenoxy) is 1. The van der Waals surface area contributed by atoms with E-state index in [-0.39, 0.29) is 6.04 Å². The van der Waals surface area contributed by atoms with Gasteiger partial charge in [-0.3, -0.25) is 0 Å². The molecule has 1 rings (SSSR count). The number of carboxylic acids is 1. The number of anilines is 1. The zero-order valence-corrected chi connectivity index (χ0v) is 11.4. The summed E-state index contributed by atoms with van der Waals surface area (Å²) in [5.41, 5.74) is 1.98. The number of rotatable bonds is 6. The maximum absolute atomic E-state index is 11.2. The molecule has 0 aliphatic heterocycles. The number of benzene rings is 1. The maximum atomic E-state index is 11.2. The molecule has 0 saturated carbocycles. The number of methoxy groups -OCH3 is 1. The monoisotopic (exact) mass is 251 g/mol. The lowest BCUT2D eigenvalue weighted by molar-refractivity contribution is 0.0697. The Morgan fingerprint density at radius 2 is 2.11 bits per heavy atom. The molecule has 1 aromatic rings. The highest BCUT2D eigenvalue weighted by molar-refractivity contribution is 5.94. The molecule has 0 saturated heterocycles. The van der Waals surface area contributed by atoms with Crippen LogP contribution in [0, 0.1) is 12.8 Å². The Labute approximate surface area is 108 Å². The van der Waals surface area contributed by atoms with Crippen LogP contribution in [-0.4, -0.2) is 30.8 Å². The third-order valence-electron chi connectivity index (χ3n) is 2.90. The Bertz CT molecular complexity index is 416. The van der Waals surface area contributed by atoms with Gasteiger partial charge in [-0.15, -0.1) is 0 Å². The van der Waals surface area contributed by atoms with Crippen LogP contribution in [0.15, 0.2) is 18.2 Å². The lowest BCUT2D eigenvalue weighted by atomic mass is 10.0. The van der Waals surface area contributed by atoms with Crippen LogP contribution in [0.2, 0.25) is 0 Å². The second-order valence-corrected chi connectivity index (χ2v) is 4.80. The van der Waals surface area contributed by atoms with Crippen LogP contribution in [0.5, 0.6) is 0 Å². The van der Waals surface area contributed by atoms with Crippen molar-refractivity contribution in [3.8, 4) is 0 Å². The van der Waals surface area contributed by atoms with Crippen LogP contribution in [0.25, 0.3) is 0 Å². The first-order valence-corrected chi connectivity index (χ1v) is 6.05. The molecule has 100 valence electrons. The van der Waals surface area contributed by atoms with Gasteiger partial charge >= 0.3 is 5.97 Å². The first-order chi connectivity index (χ1) is 8.45. The summed E-state index contributed by atoms with van der Waals surface area (Å²) in [7, 11) is 1.64. The number of hydrogen-bond donors (Lipinski definition) is 2. The Morgan fingerprint density at radius 1 is 1.44 bits per heavy atom. The summed E-state index contributed by atoms with van der Waals surface area (Å²) in [6, 6.07) is 5.38. The van der Waals surface area contributed by atoms with Crippen molar-refractivity contribution >= 4 is 11.7 Å². The van der Waals surface area contributed by atoms with Crippen molar-refractivity contribution in [2.75, 3.05) is 19.0 Å². The van der Waals surface area contributed by atoms with Crippen LogP contribution >= 0.6 is 0 Å². The quantitative estimate of drug-likeness (QED) is 0.816. The average molecular weight is 251 g/mol. The van der Waals surface area contributed by atoms with E-state index in [4.69, 9.17) is 9.84 Å². The first kappa shape index (κ1) is 14.5. The molecule has 0 fully saturated rings. The van der Waals surface area contributed by atoms with E-state index in [9.17, 15) is 4.79 Å². The van der Waals surface area contributed by atoms with Gasteiger partial charge in [0.05, 0.1) is 18.2 Å². The molecule has 1 unspecified atom stereocenters. The second-order valence-electron chi connectivity index (χ2n) is 4.80. The summed E-state index contributed by atoms with van der Waals surface area (Å²) in [5.74, 6) is -0.565. The van der Waals surface area contributed by atoms with E-state index >= 15 is 0 Å². The van der Waals surface area contributed by atoms with Crippen molar-refractivity contribution in [3.05, 3.63) is 29.3 Å². The molecule has 18 heavy (non-hydrogen) atoms. The Morgan fingerprint density at radius 3 is 2.61 bits per heavy atom. The van der Waals surface area contributed by atoms with E-state index in [2.05, 4.69) is 19.2 Å². The number of aromatic carboxylic acids is 1. The summed E-state index contributed by atoms with van der Waals surface area (Å²) in [6.07, 6.45) is 0. The molecule has 0 amide bonds. The van der Waals surface area contributed by atoms with Gasteiger partial charge in [-0.25, -0.2) is 4.79 Å². The minimum atomic E-state index is -0.919. The lowest BCUT2D eigenvalue weighted by Gasteiger charge is -2.24. The van der Waals surface area contributed by atoms with Gasteiger partial charge in [-0.2, -0.15) is 0 Å². The van der Waals surface area contributed by atoms with Crippen LogP contribution < -0.4 is 5.32 Å². The van der Waals surface area contributed by atoms with Gasteiger partial charge in [0.15, 0.2) is 0 Å². The molecule has 0 bridgehead atoms. The number of nitrogens with one attached hydrogen (secondary N) is 1. The highest BCUT2D eigenvalue weighted by Gasteiger charge is 2.17. The number of hydrogen-bond acceptors (Lipinski definition) is 3. The third kappa shape index (κ3) is 3.74. The van der Waals surface area contributed by atoms with Gasteiger partial charge in [-0.05, 0) is 30.5 Å². The lowest BCUT2D eigenvalue weighted by Crippen LogP contribution is -2.31. The smallest absolute Gasteiger partial charge is 0.337 e. The van der Waals surface area contributed by atoms with E-state index in [1.54, 1.807) is 19.2 Å². The Balaban J connectivity index is 3.00. The zero-order valence-electron chi connectivity index (χ0n) is 11.4. The molecule has 0 aliphatic rings. The van der Waals surface area contributed by atoms with E-state index in [1.165, 1.54) is 0 Å². The summed E-state index contributed by atoms with van der Waals surface area (Å²) in [4.78, 5) is 11.2. The van der Waals surface area contributed by atoms with E-state index < -0.39 is 5.97 Å². The number of carbonyl (C=O) groups is 1. The van der Waals surface area contributed by atoms with Gasteiger partial charge in [-0.1, -0.05) is 19.9 Å². The van der Waals surface area contributed by atoms with Crippen molar-refractivity contribution in [2.24, 2.45) is 5.92 Å². The topological polar surface area (TPSA) is 58.6 Å². The Hall–Kier alpha value is -1.55. The fraction of sp³-hybridized carbons (Fsp3) is 0.500. The molecule has 2 N–H and O–H groups in total. The van der Waals surface area contributed by atoms with Crippen molar-refractivity contribution in [1.29, 1.82) is 0 Å². The summed E-state index contributed by atoms with van der Waals surface area (Å²) < 4.78 is 5.16. The molecular weight excluding hydrogens is 230 g/mol.